The van der Waals surface area contributed by atoms with E-state index >= 15 is 0 Å². The van der Waals surface area contributed by atoms with Gasteiger partial charge in [0.1, 0.15) is 5.82 Å². The maximum atomic E-state index is 13.1. The first-order valence-electron chi connectivity index (χ1n) is 11.6. The molecule has 0 spiro atoms. The lowest BCUT2D eigenvalue weighted by molar-refractivity contribution is -0.139. The van der Waals surface area contributed by atoms with Crippen LogP contribution in [0.15, 0.2) is 42.5 Å². The van der Waals surface area contributed by atoms with E-state index in [2.05, 4.69) is 10.6 Å². The Morgan fingerprint density at radius 1 is 1.06 bits per heavy atom. The number of anilines is 2. The van der Waals surface area contributed by atoms with Gasteiger partial charge < -0.3 is 15.7 Å². The zero-order chi connectivity index (χ0) is 24.9. The fraction of sp³-hybridized carbons (Fsp3) is 0.360. The van der Waals surface area contributed by atoms with E-state index in [0.717, 1.165) is 11.1 Å². The summed E-state index contributed by atoms with van der Waals surface area (Å²) in [7, 11) is 0. The number of unbranched alkanes of at least 4 members (excludes halogenated alkanes) is 1. The first kappa shape index (κ1) is 24.3. The molecule has 3 N–H and O–H groups in total. The molecule has 2 aromatic carbocycles. The summed E-state index contributed by atoms with van der Waals surface area (Å²) in [6.07, 6.45) is 1.61. The molecule has 0 bridgehead atoms. The number of rotatable bonds is 8. The smallest absolute Gasteiger partial charge is 0.323 e. The zero-order valence-electron chi connectivity index (χ0n) is 19.1. The Kier molecular flexibility index (Phi) is 7.40. The second-order valence-corrected chi connectivity index (χ2v) is 8.70. The number of amides is 4. The lowest BCUT2D eigenvalue weighted by atomic mass is 9.96. The minimum absolute atomic E-state index is 0.0147. The molecule has 4 rings (SSSR count). The molecule has 2 heterocycles. The van der Waals surface area contributed by atoms with Crippen LogP contribution in [0.25, 0.3) is 0 Å². The van der Waals surface area contributed by atoms with Crippen LogP contribution in [0.3, 0.4) is 0 Å². The van der Waals surface area contributed by atoms with Crippen LogP contribution in [-0.2, 0) is 27.3 Å². The number of hydrogen-bond donors (Lipinski definition) is 3. The Hall–Kier alpha value is -3.79. The van der Waals surface area contributed by atoms with Crippen LogP contribution in [-0.4, -0.2) is 57.9 Å². The fourth-order valence-electron chi connectivity index (χ4n) is 4.56. The lowest BCUT2D eigenvalue weighted by Gasteiger charge is -2.33. The number of imide groups is 1. The molecule has 184 valence electrons. The fourth-order valence-corrected chi connectivity index (χ4v) is 4.56. The number of nitrogens with one attached hydrogen (secondary N) is 2. The Labute approximate surface area is 201 Å². The minimum atomic E-state index is -0.893. The summed E-state index contributed by atoms with van der Waals surface area (Å²) in [6, 6.07) is 10.1. The highest BCUT2D eigenvalue weighted by Gasteiger charge is 2.42. The molecule has 10 heteroatoms. The van der Waals surface area contributed by atoms with Crippen molar-refractivity contribution in [1.82, 2.24) is 9.80 Å². The first-order valence-corrected chi connectivity index (χ1v) is 11.6. The number of fused-ring (bicyclic) bond motifs is 1. The van der Waals surface area contributed by atoms with E-state index in [1.807, 2.05) is 23.1 Å². The highest BCUT2D eigenvalue weighted by atomic mass is 19.1. The van der Waals surface area contributed by atoms with Gasteiger partial charge in [0.25, 0.3) is 0 Å². The molecule has 2 aliphatic rings. The summed E-state index contributed by atoms with van der Waals surface area (Å²) in [6.45, 7) is 1.27. The number of carboxylic acid groups (broad SMARTS) is 1. The molecule has 0 saturated carbocycles. The average molecular weight is 483 g/mol. The van der Waals surface area contributed by atoms with Crippen LogP contribution in [0.5, 0.6) is 0 Å². The van der Waals surface area contributed by atoms with Crippen molar-refractivity contribution in [3.63, 3.8) is 0 Å². The van der Waals surface area contributed by atoms with Crippen molar-refractivity contribution < 1.29 is 28.7 Å². The van der Waals surface area contributed by atoms with Gasteiger partial charge in [-0.3, -0.25) is 24.2 Å². The van der Waals surface area contributed by atoms with Gasteiger partial charge in [0, 0.05) is 37.4 Å². The van der Waals surface area contributed by atoms with Crippen molar-refractivity contribution in [3.8, 4) is 0 Å². The number of carbonyl (C=O) groups is 4. The van der Waals surface area contributed by atoms with Crippen LogP contribution in [0.4, 0.5) is 20.6 Å². The molecular formula is C25H27FN4O5. The molecule has 1 fully saturated rings. The van der Waals surface area contributed by atoms with E-state index in [9.17, 15) is 23.6 Å². The van der Waals surface area contributed by atoms with E-state index in [1.54, 1.807) is 0 Å². The number of urea groups is 1. The number of carboxylic acids is 1. The van der Waals surface area contributed by atoms with Gasteiger partial charge in [-0.05, 0) is 60.7 Å². The Bertz CT molecular complexity index is 1140. The maximum Gasteiger partial charge on any atom is 0.323 e. The third-order valence-electron chi connectivity index (χ3n) is 6.33. The van der Waals surface area contributed by atoms with Gasteiger partial charge in [-0.1, -0.05) is 12.1 Å². The van der Waals surface area contributed by atoms with Crippen molar-refractivity contribution in [1.29, 1.82) is 0 Å². The van der Waals surface area contributed by atoms with E-state index in [1.165, 1.54) is 29.2 Å². The van der Waals surface area contributed by atoms with Crippen LogP contribution >= 0.6 is 0 Å². The molecule has 1 unspecified atom stereocenters. The molecule has 2 aliphatic heterocycles. The zero-order valence-corrected chi connectivity index (χ0v) is 19.1. The van der Waals surface area contributed by atoms with Gasteiger partial charge in [0.05, 0.1) is 12.5 Å². The summed E-state index contributed by atoms with van der Waals surface area (Å²) in [4.78, 5) is 51.7. The van der Waals surface area contributed by atoms with Gasteiger partial charge >= 0.3 is 12.0 Å². The quantitative estimate of drug-likeness (QED) is 0.393. The van der Waals surface area contributed by atoms with E-state index < -0.39 is 18.0 Å². The predicted molar refractivity (Wildman–Crippen MR) is 126 cm³/mol. The number of benzene rings is 2. The normalized spacial score (nSPS) is 17.9. The third-order valence-corrected chi connectivity index (χ3v) is 6.33. The standard InChI is InChI=1S/C25H27FN4O5/c26-17-7-9-18(10-8-17)27-25(35)28-20-5-3-4-16-15-29(13-11-19(16)20)21-14-22(31)30(24(21)34)12-2-1-6-23(32)33/h3-5,7-10,21H,1-2,6,11-15H2,(H,32,33)(H2,27,28,35). The number of hydrogen-bond acceptors (Lipinski definition) is 5. The molecule has 0 aromatic heterocycles. The number of carbonyl (C=O) groups excluding carboxylic acids is 3. The average Bonchev–Trinajstić information content (AvgIpc) is 3.11. The second kappa shape index (κ2) is 10.6. The van der Waals surface area contributed by atoms with Gasteiger partial charge in [0.2, 0.25) is 11.8 Å². The number of halogens is 1. The van der Waals surface area contributed by atoms with Gasteiger partial charge in [0.15, 0.2) is 0 Å². The van der Waals surface area contributed by atoms with Crippen LogP contribution in [0.2, 0.25) is 0 Å². The van der Waals surface area contributed by atoms with Crippen molar-refractivity contribution >= 4 is 35.2 Å². The topological polar surface area (TPSA) is 119 Å². The molecule has 1 atom stereocenters. The summed E-state index contributed by atoms with van der Waals surface area (Å²) in [5, 5.41) is 14.3. The molecule has 0 radical (unpaired) electrons. The molecular weight excluding hydrogens is 455 g/mol. The van der Waals surface area contributed by atoms with Crippen molar-refractivity contribution in [2.75, 3.05) is 23.7 Å². The minimum Gasteiger partial charge on any atom is -0.481 e. The SMILES string of the molecule is O=C(O)CCCCN1C(=O)CC(N2CCc3c(cccc3NC(=O)Nc3ccc(F)cc3)C2)C1=O. The predicted octanol–water partition coefficient (Wildman–Crippen LogP) is 3.21. The van der Waals surface area contributed by atoms with Crippen LogP contribution in [0.1, 0.15) is 36.8 Å². The van der Waals surface area contributed by atoms with Crippen molar-refractivity contribution in [3.05, 3.63) is 59.4 Å². The Morgan fingerprint density at radius 3 is 2.57 bits per heavy atom. The van der Waals surface area contributed by atoms with Crippen molar-refractivity contribution in [2.24, 2.45) is 0 Å². The van der Waals surface area contributed by atoms with E-state index in [4.69, 9.17) is 5.11 Å². The summed E-state index contributed by atoms with van der Waals surface area (Å²) < 4.78 is 13.1. The number of nitrogens with zero attached hydrogens (tertiary/aromatic N) is 2. The first-order chi connectivity index (χ1) is 16.8. The van der Waals surface area contributed by atoms with E-state index in [-0.39, 0.29) is 37.0 Å². The summed E-state index contributed by atoms with van der Waals surface area (Å²) in [5.74, 6) is -1.74. The third kappa shape index (κ3) is 5.83. The van der Waals surface area contributed by atoms with Crippen LogP contribution in [0, 0.1) is 5.82 Å². The van der Waals surface area contributed by atoms with Crippen LogP contribution < -0.4 is 10.6 Å². The molecule has 0 aliphatic carbocycles. The van der Waals surface area contributed by atoms with Gasteiger partial charge in [-0.25, -0.2) is 9.18 Å². The summed E-state index contributed by atoms with van der Waals surface area (Å²) >= 11 is 0. The van der Waals surface area contributed by atoms with Gasteiger partial charge in [-0.2, -0.15) is 0 Å². The molecule has 1 saturated heterocycles. The van der Waals surface area contributed by atoms with E-state index in [0.29, 0.717) is 43.7 Å². The Balaban J connectivity index is 1.37. The van der Waals surface area contributed by atoms with Crippen molar-refractivity contribution in [2.45, 2.75) is 44.7 Å². The Morgan fingerprint density at radius 2 is 1.83 bits per heavy atom. The molecule has 9 nitrogen and oxygen atoms in total. The second-order valence-electron chi connectivity index (χ2n) is 8.70. The lowest BCUT2D eigenvalue weighted by Crippen LogP contribution is -2.44. The monoisotopic (exact) mass is 482 g/mol. The highest BCUT2D eigenvalue weighted by molar-refractivity contribution is 6.05. The largest absolute Gasteiger partial charge is 0.481 e. The highest BCUT2D eigenvalue weighted by Crippen LogP contribution is 2.30. The molecule has 2 aromatic rings. The molecule has 4 amide bonds. The molecule has 35 heavy (non-hydrogen) atoms. The van der Waals surface area contributed by atoms with Gasteiger partial charge in [-0.15, -0.1) is 0 Å². The summed E-state index contributed by atoms with van der Waals surface area (Å²) in [5.41, 5.74) is 3.07. The number of aliphatic carboxylic acids is 1. The maximum absolute atomic E-state index is 13.1. The number of likely N-dealkylation sites (tertiary alicyclic amines) is 1.